The molecule has 3 aromatic carbocycles. The van der Waals surface area contributed by atoms with Crippen LogP contribution in [0.25, 0.3) is 0 Å². The second-order valence-corrected chi connectivity index (χ2v) is 10.3. The third-order valence-electron chi connectivity index (χ3n) is 6.73. The first-order valence-electron chi connectivity index (χ1n) is 12.3. The number of rotatable bonds is 10. The minimum absolute atomic E-state index is 0.0707. The summed E-state index contributed by atoms with van der Waals surface area (Å²) >= 11 is 1.35. The van der Waals surface area contributed by atoms with E-state index in [1.165, 1.54) is 11.8 Å². The van der Waals surface area contributed by atoms with Crippen molar-refractivity contribution in [3.8, 4) is 0 Å². The zero-order chi connectivity index (χ0) is 24.7. The molecule has 0 saturated heterocycles. The fraction of sp³-hybridized carbons (Fsp3) is 0.300. The van der Waals surface area contributed by atoms with Crippen molar-refractivity contribution in [1.82, 2.24) is 14.8 Å². The second kappa shape index (κ2) is 11.5. The first kappa shape index (κ1) is 24.9. The van der Waals surface area contributed by atoms with Gasteiger partial charge >= 0.3 is 0 Å². The molecule has 0 amide bonds. The zero-order valence-corrected chi connectivity index (χ0v) is 21.5. The fourth-order valence-electron chi connectivity index (χ4n) is 4.85. The number of hydrogen-bond donors (Lipinski definition) is 0. The van der Waals surface area contributed by atoms with Gasteiger partial charge in [0.2, 0.25) is 0 Å². The van der Waals surface area contributed by atoms with Crippen molar-refractivity contribution < 1.29 is 4.79 Å². The molecule has 0 spiro atoms. The number of thioether (sulfide) groups is 1. The van der Waals surface area contributed by atoms with Gasteiger partial charge in [0.05, 0.1) is 5.25 Å². The fourth-order valence-corrected chi connectivity index (χ4v) is 5.83. The van der Waals surface area contributed by atoms with Gasteiger partial charge in [-0.1, -0.05) is 129 Å². The molecular weight excluding hydrogens is 450 g/mol. The third-order valence-corrected chi connectivity index (χ3v) is 7.75. The summed E-state index contributed by atoms with van der Waals surface area (Å²) in [7, 11) is 0. The maximum atomic E-state index is 12.2. The maximum Gasteiger partial charge on any atom is 0.186 e. The Labute approximate surface area is 212 Å². The summed E-state index contributed by atoms with van der Waals surface area (Å²) < 4.78 is 1.99. The Morgan fingerprint density at radius 3 is 1.69 bits per heavy atom. The second-order valence-electron chi connectivity index (χ2n) is 8.87. The molecule has 180 valence electrons. The van der Waals surface area contributed by atoms with Crippen molar-refractivity contribution in [2.24, 2.45) is 5.92 Å². The largest absolute Gasteiger partial charge is 0.288 e. The van der Waals surface area contributed by atoms with Crippen molar-refractivity contribution >= 4 is 16.9 Å². The molecule has 0 radical (unpaired) electrons. The van der Waals surface area contributed by atoms with Crippen LogP contribution in [0, 0.1) is 5.92 Å². The van der Waals surface area contributed by atoms with E-state index in [1.54, 1.807) is 6.92 Å². The molecule has 4 rings (SSSR count). The van der Waals surface area contributed by atoms with E-state index in [4.69, 9.17) is 10.1 Å². The average molecular weight is 484 g/mol. The summed E-state index contributed by atoms with van der Waals surface area (Å²) in [6, 6.07) is 31.4. The predicted octanol–water partition coefficient (Wildman–Crippen LogP) is 7.27. The van der Waals surface area contributed by atoms with Crippen LogP contribution in [0.5, 0.6) is 0 Å². The van der Waals surface area contributed by atoms with Crippen molar-refractivity contribution in [3.05, 3.63) is 120 Å². The molecule has 0 saturated carbocycles. The lowest BCUT2D eigenvalue weighted by molar-refractivity contribution is -0.109. The lowest BCUT2D eigenvalue weighted by atomic mass is 9.77. The molecule has 0 bridgehead atoms. The third kappa shape index (κ3) is 5.25. The van der Waals surface area contributed by atoms with Gasteiger partial charge in [-0.25, -0.2) is 9.67 Å². The lowest BCUT2D eigenvalue weighted by Crippen LogP contribution is -2.38. The summed E-state index contributed by atoms with van der Waals surface area (Å²) in [6.45, 7) is 6.05. The van der Waals surface area contributed by atoms with E-state index in [0.717, 1.165) is 36.0 Å². The first-order chi connectivity index (χ1) is 17.1. The van der Waals surface area contributed by atoms with Gasteiger partial charge < -0.3 is 0 Å². The molecule has 4 nitrogen and oxygen atoms in total. The minimum Gasteiger partial charge on any atom is -0.288 e. The van der Waals surface area contributed by atoms with E-state index in [9.17, 15) is 4.79 Å². The minimum atomic E-state index is -0.699. The standard InChI is InChI=1S/C30H33N3OS/c1-4-24(5-2)21-28(35-23(3)34)29-31-22-33(32-29)30(25-15-9-6-10-16-25,26-17-11-7-12-18-26)27-19-13-8-14-20-27/h6-20,22,24,28H,4-5,21H2,1-3H3. The van der Waals surface area contributed by atoms with Gasteiger partial charge in [0, 0.05) is 6.92 Å². The van der Waals surface area contributed by atoms with Crippen molar-refractivity contribution in [2.45, 2.75) is 50.8 Å². The normalized spacial score (nSPS) is 12.6. The Morgan fingerprint density at radius 2 is 1.29 bits per heavy atom. The Balaban J connectivity index is 1.92. The van der Waals surface area contributed by atoms with E-state index >= 15 is 0 Å². The highest BCUT2D eigenvalue weighted by Crippen LogP contribution is 2.41. The van der Waals surface area contributed by atoms with Crippen LogP contribution in [0.4, 0.5) is 0 Å². The van der Waals surface area contributed by atoms with Crippen molar-refractivity contribution in [2.75, 3.05) is 0 Å². The van der Waals surface area contributed by atoms with Crippen LogP contribution in [0.3, 0.4) is 0 Å². The quantitative estimate of drug-likeness (QED) is 0.223. The number of benzene rings is 3. The predicted molar refractivity (Wildman–Crippen MR) is 144 cm³/mol. The number of aromatic nitrogens is 3. The SMILES string of the molecule is CCC(CC)CC(SC(C)=O)c1ncn(C(c2ccccc2)(c2ccccc2)c2ccccc2)n1. The number of carbonyl (C=O) groups excluding carboxylic acids is 1. The molecule has 1 unspecified atom stereocenters. The Hall–Kier alpha value is -3.18. The van der Waals surface area contributed by atoms with Gasteiger partial charge in [0.25, 0.3) is 0 Å². The Bertz CT molecular complexity index is 1110. The van der Waals surface area contributed by atoms with E-state index < -0.39 is 5.54 Å². The molecule has 1 atom stereocenters. The van der Waals surface area contributed by atoms with Gasteiger partial charge in [-0.3, -0.25) is 4.79 Å². The molecule has 0 aliphatic heterocycles. The van der Waals surface area contributed by atoms with Crippen molar-refractivity contribution in [3.63, 3.8) is 0 Å². The van der Waals surface area contributed by atoms with Crippen molar-refractivity contribution in [1.29, 1.82) is 0 Å². The topological polar surface area (TPSA) is 47.8 Å². The molecule has 1 aromatic heterocycles. The smallest absolute Gasteiger partial charge is 0.186 e. The lowest BCUT2D eigenvalue weighted by Gasteiger charge is -2.36. The summed E-state index contributed by atoms with van der Waals surface area (Å²) in [5.41, 5.74) is 2.61. The molecule has 0 fully saturated rings. The van der Waals surface area contributed by atoms with E-state index in [-0.39, 0.29) is 10.4 Å². The van der Waals surface area contributed by atoms with Gasteiger partial charge in [-0.05, 0) is 29.0 Å². The highest BCUT2D eigenvalue weighted by Gasteiger charge is 2.40. The van der Waals surface area contributed by atoms with Gasteiger partial charge in [0.15, 0.2) is 10.9 Å². The molecule has 35 heavy (non-hydrogen) atoms. The summed E-state index contributed by atoms with van der Waals surface area (Å²) in [5, 5.41) is 5.14. The summed E-state index contributed by atoms with van der Waals surface area (Å²) in [5.74, 6) is 1.24. The molecule has 5 heteroatoms. The molecule has 4 aromatic rings. The maximum absolute atomic E-state index is 12.2. The van der Waals surface area contributed by atoms with E-state index in [2.05, 4.69) is 86.6 Å². The molecule has 1 heterocycles. The van der Waals surface area contributed by atoms with Crippen LogP contribution >= 0.6 is 11.8 Å². The van der Waals surface area contributed by atoms with Crippen LogP contribution < -0.4 is 0 Å². The average Bonchev–Trinajstić information content (AvgIpc) is 3.39. The zero-order valence-electron chi connectivity index (χ0n) is 20.7. The van der Waals surface area contributed by atoms with Gasteiger partial charge in [-0.2, -0.15) is 5.10 Å². The van der Waals surface area contributed by atoms with Crippen LogP contribution in [-0.2, 0) is 10.3 Å². The van der Waals surface area contributed by atoms with Crippen LogP contribution in [0.2, 0.25) is 0 Å². The van der Waals surface area contributed by atoms with Gasteiger partial charge in [-0.15, -0.1) is 0 Å². The number of nitrogens with zero attached hydrogens (tertiary/aromatic N) is 3. The molecular formula is C30H33N3OS. The molecule has 0 N–H and O–H groups in total. The summed E-state index contributed by atoms with van der Waals surface area (Å²) in [4.78, 5) is 17.0. The van der Waals surface area contributed by atoms with E-state index in [0.29, 0.717) is 11.7 Å². The monoisotopic (exact) mass is 483 g/mol. The number of hydrogen-bond acceptors (Lipinski definition) is 4. The van der Waals surface area contributed by atoms with Crippen LogP contribution in [0.1, 0.15) is 67.8 Å². The highest BCUT2D eigenvalue weighted by atomic mass is 32.2. The molecule has 0 aliphatic rings. The van der Waals surface area contributed by atoms with E-state index in [1.807, 2.05) is 29.2 Å². The molecule has 0 aliphatic carbocycles. The van der Waals surface area contributed by atoms with Gasteiger partial charge in [0.1, 0.15) is 11.9 Å². The summed E-state index contributed by atoms with van der Waals surface area (Å²) in [6.07, 6.45) is 4.88. The highest BCUT2D eigenvalue weighted by molar-refractivity contribution is 8.13. The van der Waals surface area contributed by atoms with Crippen LogP contribution in [0.15, 0.2) is 97.3 Å². The van der Waals surface area contributed by atoms with Crippen LogP contribution in [-0.4, -0.2) is 19.9 Å². The first-order valence-corrected chi connectivity index (χ1v) is 13.2. The Morgan fingerprint density at radius 1 is 0.829 bits per heavy atom. The Kier molecular flexibility index (Phi) is 8.19. The number of carbonyl (C=O) groups is 1.